The molecule has 1 N–H and O–H groups in total. The van der Waals surface area contributed by atoms with Crippen molar-refractivity contribution in [3.8, 4) is 6.07 Å². The van der Waals surface area contributed by atoms with Crippen LogP contribution in [0, 0.1) is 18.3 Å². The minimum Gasteiger partial charge on any atom is -0.325 e. The van der Waals surface area contributed by atoms with E-state index >= 15 is 0 Å². The lowest BCUT2D eigenvalue weighted by Gasteiger charge is -2.20. The lowest BCUT2D eigenvalue weighted by Crippen LogP contribution is -2.36. The van der Waals surface area contributed by atoms with Crippen LogP contribution in [0.5, 0.6) is 0 Å². The van der Waals surface area contributed by atoms with Crippen LogP contribution >= 0.6 is 0 Å². The van der Waals surface area contributed by atoms with Crippen molar-refractivity contribution in [1.82, 2.24) is 4.31 Å². The Bertz CT molecular complexity index is 900. The smallest absolute Gasteiger partial charge is 0.239 e. The van der Waals surface area contributed by atoms with Gasteiger partial charge in [0.05, 0.1) is 24.4 Å². The molecule has 0 heterocycles. The number of nitrogens with zero attached hydrogens (tertiary/aromatic N) is 2. The first-order chi connectivity index (χ1) is 11.8. The molecule has 0 unspecified atom stereocenters. The summed E-state index contributed by atoms with van der Waals surface area (Å²) in [4.78, 5) is 12.2. The molecule has 2 aromatic rings. The molecule has 0 aliphatic heterocycles. The summed E-state index contributed by atoms with van der Waals surface area (Å²) in [7, 11) is -3.54. The summed E-state index contributed by atoms with van der Waals surface area (Å²) in [6.07, 6.45) is 1.08. The molecule has 0 bridgehead atoms. The van der Waals surface area contributed by atoms with E-state index in [1.54, 1.807) is 24.3 Å². The average Bonchev–Trinajstić information content (AvgIpc) is 2.54. The van der Waals surface area contributed by atoms with Gasteiger partial charge in [-0.05, 0) is 36.8 Å². The summed E-state index contributed by atoms with van der Waals surface area (Å²) in [6.45, 7) is 1.76. The van der Waals surface area contributed by atoms with E-state index in [0.29, 0.717) is 11.3 Å². The zero-order valence-corrected chi connectivity index (χ0v) is 14.9. The molecule has 0 saturated carbocycles. The minimum atomic E-state index is -3.54. The van der Waals surface area contributed by atoms with Crippen LogP contribution in [0.15, 0.2) is 48.5 Å². The van der Waals surface area contributed by atoms with Gasteiger partial charge in [0, 0.05) is 12.2 Å². The highest BCUT2D eigenvalue weighted by Gasteiger charge is 2.20. The number of amides is 1. The minimum absolute atomic E-state index is 0.126. The first-order valence-electron chi connectivity index (χ1n) is 7.58. The number of aryl methyl sites for hydroxylation is 1. The topological polar surface area (TPSA) is 90.3 Å². The van der Waals surface area contributed by atoms with Crippen LogP contribution in [0.1, 0.15) is 16.7 Å². The number of carbonyl (C=O) groups excluding carboxylic acids is 1. The van der Waals surface area contributed by atoms with E-state index < -0.39 is 15.9 Å². The predicted molar refractivity (Wildman–Crippen MR) is 96.2 cm³/mol. The van der Waals surface area contributed by atoms with Gasteiger partial charge in [-0.3, -0.25) is 4.79 Å². The second kappa shape index (κ2) is 7.92. The molecule has 130 valence electrons. The van der Waals surface area contributed by atoms with Gasteiger partial charge in [-0.2, -0.15) is 9.57 Å². The fourth-order valence-corrected chi connectivity index (χ4v) is 3.03. The molecule has 6 nitrogen and oxygen atoms in total. The largest absolute Gasteiger partial charge is 0.325 e. The van der Waals surface area contributed by atoms with Gasteiger partial charge in [-0.1, -0.05) is 29.8 Å². The third-order valence-corrected chi connectivity index (χ3v) is 4.72. The Morgan fingerprint density at radius 3 is 2.44 bits per heavy atom. The van der Waals surface area contributed by atoms with Gasteiger partial charge in [-0.25, -0.2) is 8.42 Å². The molecule has 2 rings (SSSR count). The Morgan fingerprint density at radius 1 is 1.20 bits per heavy atom. The highest BCUT2D eigenvalue weighted by molar-refractivity contribution is 7.88. The Hall–Kier alpha value is -2.69. The van der Waals surface area contributed by atoms with E-state index in [-0.39, 0.29) is 13.1 Å². The maximum atomic E-state index is 12.2. The second-order valence-electron chi connectivity index (χ2n) is 5.76. The molecule has 7 heteroatoms. The van der Waals surface area contributed by atoms with Crippen molar-refractivity contribution < 1.29 is 13.2 Å². The predicted octanol–water partition coefficient (Wildman–Crippen LogP) is 2.27. The van der Waals surface area contributed by atoms with Crippen LogP contribution in [0.3, 0.4) is 0 Å². The molecular weight excluding hydrogens is 338 g/mol. The summed E-state index contributed by atoms with van der Waals surface area (Å²) in [5.41, 5.74) is 2.83. The van der Waals surface area contributed by atoms with Gasteiger partial charge >= 0.3 is 0 Å². The summed E-state index contributed by atoms with van der Waals surface area (Å²) in [6, 6.07) is 15.8. The molecule has 0 saturated heterocycles. The summed E-state index contributed by atoms with van der Waals surface area (Å²) < 4.78 is 25.1. The van der Waals surface area contributed by atoms with Crippen LogP contribution in [-0.4, -0.2) is 31.4 Å². The number of hydrogen-bond donors (Lipinski definition) is 1. The monoisotopic (exact) mass is 357 g/mol. The fourth-order valence-electron chi connectivity index (χ4n) is 2.29. The summed E-state index contributed by atoms with van der Waals surface area (Å²) in [5, 5.41) is 11.4. The van der Waals surface area contributed by atoms with Crippen molar-refractivity contribution in [2.45, 2.75) is 13.5 Å². The number of rotatable bonds is 6. The SMILES string of the molecule is Cc1cccc(CN(CC(=O)Nc2ccc(C#N)cc2)S(C)(=O)=O)c1. The van der Waals surface area contributed by atoms with Crippen molar-refractivity contribution in [1.29, 1.82) is 5.26 Å². The first-order valence-corrected chi connectivity index (χ1v) is 9.43. The number of nitrogens with one attached hydrogen (secondary N) is 1. The lowest BCUT2D eigenvalue weighted by molar-refractivity contribution is -0.116. The van der Waals surface area contributed by atoms with Gasteiger partial charge < -0.3 is 5.32 Å². The number of hydrogen-bond acceptors (Lipinski definition) is 4. The average molecular weight is 357 g/mol. The van der Waals surface area contributed by atoms with Crippen molar-refractivity contribution in [2.75, 3.05) is 18.1 Å². The van der Waals surface area contributed by atoms with Gasteiger partial charge in [0.1, 0.15) is 0 Å². The second-order valence-corrected chi connectivity index (χ2v) is 7.74. The molecule has 0 radical (unpaired) electrons. The zero-order valence-electron chi connectivity index (χ0n) is 14.1. The molecule has 25 heavy (non-hydrogen) atoms. The van der Waals surface area contributed by atoms with Crippen LogP contribution in [0.2, 0.25) is 0 Å². The molecule has 2 aromatic carbocycles. The van der Waals surface area contributed by atoms with Gasteiger partial charge in [0.15, 0.2) is 0 Å². The third-order valence-electron chi connectivity index (χ3n) is 3.53. The highest BCUT2D eigenvalue weighted by Crippen LogP contribution is 2.12. The Kier molecular flexibility index (Phi) is 5.91. The molecule has 0 spiro atoms. The van der Waals surface area contributed by atoms with E-state index in [2.05, 4.69) is 5.32 Å². The Labute approximate surface area is 147 Å². The number of sulfonamides is 1. The Balaban J connectivity index is 2.08. The third kappa shape index (κ3) is 5.71. The number of benzene rings is 2. The summed E-state index contributed by atoms with van der Waals surface area (Å²) >= 11 is 0. The number of carbonyl (C=O) groups is 1. The van der Waals surface area contributed by atoms with Crippen molar-refractivity contribution >= 4 is 21.6 Å². The fraction of sp³-hybridized carbons (Fsp3) is 0.222. The Morgan fingerprint density at radius 2 is 1.88 bits per heavy atom. The molecule has 0 fully saturated rings. The van der Waals surface area contributed by atoms with Crippen LogP contribution in [-0.2, 0) is 21.4 Å². The zero-order chi connectivity index (χ0) is 18.4. The van der Waals surface area contributed by atoms with Crippen molar-refractivity contribution in [3.05, 3.63) is 65.2 Å². The van der Waals surface area contributed by atoms with E-state index in [9.17, 15) is 13.2 Å². The van der Waals surface area contributed by atoms with E-state index in [4.69, 9.17) is 5.26 Å². The summed E-state index contributed by atoms with van der Waals surface area (Å²) in [5.74, 6) is -0.442. The van der Waals surface area contributed by atoms with Crippen molar-refractivity contribution in [2.24, 2.45) is 0 Å². The van der Waals surface area contributed by atoms with Gasteiger partial charge in [0.25, 0.3) is 0 Å². The molecule has 1 amide bonds. The molecule has 0 aliphatic carbocycles. The quantitative estimate of drug-likeness (QED) is 0.859. The van der Waals surface area contributed by atoms with Gasteiger partial charge in [-0.15, -0.1) is 0 Å². The number of anilines is 1. The van der Waals surface area contributed by atoms with Crippen LogP contribution < -0.4 is 5.32 Å². The van der Waals surface area contributed by atoms with E-state index in [0.717, 1.165) is 21.7 Å². The van der Waals surface area contributed by atoms with Crippen LogP contribution in [0.4, 0.5) is 5.69 Å². The maximum absolute atomic E-state index is 12.2. The molecule has 0 aromatic heterocycles. The highest BCUT2D eigenvalue weighted by atomic mass is 32.2. The lowest BCUT2D eigenvalue weighted by atomic mass is 10.1. The maximum Gasteiger partial charge on any atom is 0.239 e. The molecule has 0 atom stereocenters. The molecular formula is C18H19N3O3S. The van der Waals surface area contributed by atoms with Gasteiger partial charge in [0.2, 0.25) is 15.9 Å². The molecule has 0 aliphatic rings. The van der Waals surface area contributed by atoms with E-state index in [1.165, 1.54) is 0 Å². The standard InChI is InChI=1S/C18H19N3O3S/c1-14-4-3-5-16(10-14)12-21(25(2,23)24)13-18(22)20-17-8-6-15(11-19)7-9-17/h3-10H,12-13H2,1-2H3,(H,20,22). The normalized spacial score (nSPS) is 11.1. The van der Waals surface area contributed by atoms with Crippen LogP contribution in [0.25, 0.3) is 0 Å². The van der Waals surface area contributed by atoms with E-state index in [1.807, 2.05) is 37.3 Å². The first kappa shape index (κ1) is 18.6. The number of nitriles is 1. The van der Waals surface area contributed by atoms with Crippen molar-refractivity contribution in [3.63, 3.8) is 0 Å².